The van der Waals surface area contributed by atoms with Gasteiger partial charge in [-0.2, -0.15) is 5.26 Å². The van der Waals surface area contributed by atoms with Gasteiger partial charge in [-0.1, -0.05) is 6.92 Å². The maximum Gasteiger partial charge on any atom is 0.307 e. The topological polar surface area (TPSA) is 98.5 Å². The van der Waals surface area contributed by atoms with Crippen LogP contribution in [-0.2, 0) is 14.8 Å². The smallest absolute Gasteiger partial charge is 0.307 e. The minimum atomic E-state index is -3.55. The van der Waals surface area contributed by atoms with Gasteiger partial charge in [0, 0.05) is 13.6 Å². The standard InChI is InChI=1S/C10H16N2O4S/c1-8(9(13)14)5-12(2)17(15,16)7-10(6-11)3-4-10/h8H,3-5,7H2,1-2H3,(H,13,14). The number of carboxylic acid groups (broad SMARTS) is 1. The number of hydrogen-bond donors (Lipinski definition) is 1. The number of carbonyl (C=O) groups is 1. The van der Waals surface area contributed by atoms with E-state index in [1.807, 2.05) is 6.07 Å². The Bertz CT molecular complexity index is 447. The van der Waals surface area contributed by atoms with Gasteiger partial charge in [-0.05, 0) is 12.8 Å². The Morgan fingerprint density at radius 3 is 2.47 bits per heavy atom. The van der Waals surface area contributed by atoms with E-state index < -0.39 is 27.3 Å². The molecule has 1 rings (SSSR count). The predicted molar refractivity (Wildman–Crippen MR) is 60.5 cm³/mol. The average Bonchev–Trinajstić information content (AvgIpc) is 2.97. The second-order valence-electron chi connectivity index (χ2n) is 4.67. The second kappa shape index (κ2) is 4.63. The fourth-order valence-electron chi connectivity index (χ4n) is 1.48. The van der Waals surface area contributed by atoms with Crippen molar-refractivity contribution in [1.29, 1.82) is 5.26 Å². The number of rotatable bonds is 6. The van der Waals surface area contributed by atoms with E-state index in [2.05, 4.69) is 0 Å². The Morgan fingerprint density at radius 2 is 2.12 bits per heavy atom. The maximum atomic E-state index is 11.9. The molecule has 1 fully saturated rings. The minimum Gasteiger partial charge on any atom is -0.481 e. The molecule has 0 aromatic rings. The number of sulfonamides is 1. The first-order chi connectivity index (χ1) is 7.72. The molecule has 1 aliphatic carbocycles. The van der Waals surface area contributed by atoms with Gasteiger partial charge in [0.15, 0.2) is 0 Å². The van der Waals surface area contributed by atoms with Gasteiger partial charge in [-0.3, -0.25) is 4.79 Å². The lowest BCUT2D eigenvalue weighted by Gasteiger charge is -2.20. The summed E-state index contributed by atoms with van der Waals surface area (Å²) >= 11 is 0. The van der Waals surface area contributed by atoms with E-state index in [1.165, 1.54) is 14.0 Å². The zero-order valence-electron chi connectivity index (χ0n) is 9.88. The van der Waals surface area contributed by atoms with E-state index >= 15 is 0 Å². The van der Waals surface area contributed by atoms with E-state index in [9.17, 15) is 13.2 Å². The number of carboxylic acids is 1. The van der Waals surface area contributed by atoms with Crippen LogP contribution >= 0.6 is 0 Å². The van der Waals surface area contributed by atoms with Gasteiger partial charge in [0.05, 0.1) is 23.2 Å². The lowest BCUT2D eigenvalue weighted by molar-refractivity contribution is -0.141. The molecule has 0 aromatic carbocycles. The van der Waals surface area contributed by atoms with E-state index in [-0.39, 0.29) is 12.3 Å². The van der Waals surface area contributed by atoms with Gasteiger partial charge < -0.3 is 5.11 Å². The molecule has 96 valence electrons. The minimum absolute atomic E-state index is 0.0703. The predicted octanol–water partition coefficient (Wildman–Crippen LogP) is 0.272. The monoisotopic (exact) mass is 260 g/mol. The molecule has 0 aliphatic heterocycles. The zero-order chi connectivity index (χ0) is 13.3. The number of nitrogens with zero attached hydrogens (tertiary/aromatic N) is 2. The van der Waals surface area contributed by atoms with E-state index in [4.69, 9.17) is 10.4 Å². The van der Waals surface area contributed by atoms with Crippen LogP contribution in [0.15, 0.2) is 0 Å². The Balaban J connectivity index is 2.65. The molecule has 1 saturated carbocycles. The SMILES string of the molecule is CC(CN(C)S(=O)(=O)CC1(C#N)CC1)C(=O)O. The van der Waals surface area contributed by atoms with Crippen molar-refractivity contribution in [3.63, 3.8) is 0 Å². The fraction of sp³-hybridized carbons (Fsp3) is 0.800. The summed E-state index contributed by atoms with van der Waals surface area (Å²) in [5.74, 6) is -2.00. The van der Waals surface area contributed by atoms with Crippen molar-refractivity contribution in [1.82, 2.24) is 4.31 Å². The molecule has 0 bridgehead atoms. The van der Waals surface area contributed by atoms with E-state index in [1.54, 1.807) is 0 Å². The van der Waals surface area contributed by atoms with Crippen LogP contribution in [0, 0.1) is 22.7 Å². The number of hydrogen-bond acceptors (Lipinski definition) is 4. The van der Waals surface area contributed by atoms with Gasteiger partial charge >= 0.3 is 5.97 Å². The van der Waals surface area contributed by atoms with Crippen LogP contribution in [0.1, 0.15) is 19.8 Å². The van der Waals surface area contributed by atoms with Crippen LogP contribution in [0.2, 0.25) is 0 Å². The van der Waals surface area contributed by atoms with Gasteiger partial charge in [0.1, 0.15) is 0 Å². The van der Waals surface area contributed by atoms with Crippen molar-refractivity contribution >= 4 is 16.0 Å². The highest BCUT2D eigenvalue weighted by molar-refractivity contribution is 7.89. The summed E-state index contributed by atoms with van der Waals surface area (Å²) < 4.78 is 24.8. The summed E-state index contributed by atoms with van der Waals surface area (Å²) in [5.41, 5.74) is -0.737. The molecule has 17 heavy (non-hydrogen) atoms. The van der Waals surface area contributed by atoms with Crippen LogP contribution in [0.5, 0.6) is 0 Å². The first-order valence-corrected chi connectivity index (χ1v) is 6.91. The molecule has 6 nitrogen and oxygen atoms in total. The lowest BCUT2D eigenvalue weighted by atomic mass is 10.2. The molecular weight excluding hydrogens is 244 g/mol. The third-order valence-corrected chi connectivity index (χ3v) is 4.99. The third kappa shape index (κ3) is 3.41. The number of aliphatic carboxylic acids is 1. The molecule has 1 N–H and O–H groups in total. The van der Waals surface area contributed by atoms with Gasteiger partial charge in [0.2, 0.25) is 10.0 Å². The molecule has 7 heteroatoms. The summed E-state index contributed by atoms with van der Waals surface area (Å²) in [4.78, 5) is 10.6. The molecular formula is C10H16N2O4S. The summed E-state index contributed by atoms with van der Waals surface area (Å²) in [6.07, 6.45) is 1.20. The fourth-order valence-corrected chi connectivity index (χ4v) is 3.20. The molecule has 0 aromatic heterocycles. The van der Waals surface area contributed by atoms with Crippen LogP contribution in [-0.4, -0.2) is 43.1 Å². The van der Waals surface area contributed by atoms with Gasteiger partial charge in [-0.15, -0.1) is 0 Å². The maximum absolute atomic E-state index is 11.9. The average molecular weight is 260 g/mol. The molecule has 0 radical (unpaired) electrons. The van der Waals surface area contributed by atoms with Gasteiger partial charge in [-0.25, -0.2) is 12.7 Å². The molecule has 0 saturated heterocycles. The lowest BCUT2D eigenvalue weighted by Crippen LogP contribution is -2.37. The first-order valence-electron chi connectivity index (χ1n) is 5.30. The molecule has 0 spiro atoms. The summed E-state index contributed by atoms with van der Waals surface area (Å²) in [5, 5.41) is 17.6. The van der Waals surface area contributed by atoms with Crippen LogP contribution in [0.25, 0.3) is 0 Å². The normalized spacial score (nSPS) is 19.6. The Morgan fingerprint density at radius 1 is 1.59 bits per heavy atom. The van der Waals surface area contributed by atoms with Crippen molar-refractivity contribution in [3.05, 3.63) is 0 Å². The Kier molecular flexibility index (Phi) is 3.79. The molecule has 0 heterocycles. The molecule has 1 unspecified atom stereocenters. The molecule has 1 atom stereocenters. The number of nitriles is 1. The van der Waals surface area contributed by atoms with Crippen molar-refractivity contribution < 1.29 is 18.3 Å². The first kappa shape index (κ1) is 13.9. The summed E-state index contributed by atoms with van der Waals surface area (Å²) in [6.45, 7) is 1.38. The molecule has 1 aliphatic rings. The quantitative estimate of drug-likeness (QED) is 0.739. The van der Waals surface area contributed by atoms with Crippen LogP contribution in [0.4, 0.5) is 0 Å². The zero-order valence-corrected chi connectivity index (χ0v) is 10.7. The highest BCUT2D eigenvalue weighted by atomic mass is 32.2. The van der Waals surface area contributed by atoms with Crippen LogP contribution in [0.3, 0.4) is 0 Å². The highest BCUT2D eigenvalue weighted by Gasteiger charge is 2.47. The largest absolute Gasteiger partial charge is 0.481 e. The Hall–Kier alpha value is -1.13. The van der Waals surface area contributed by atoms with Crippen LogP contribution < -0.4 is 0 Å². The van der Waals surface area contributed by atoms with Gasteiger partial charge in [0.25, 0.3) is 0 Å². The highest BCUT2D eigenvalue weighted by Crippen LogP contribution is 2.46. The van der Waals surface area contributed by atoms with Crippen molar-refractivity contribution in [3.8, 4) is 6.07 Å². The summed E-state index contributed by atoms with van der Waals surface area (Å²) in [6, 6.07) is 2.02. The van der Waals surface area contributed by atoms with E-state index in [0.29, 0.717) is 12.8 Å². The Labute approximate surface area is 101 Å². The third-order valence-electron chi connectivity index (χ3n) is 2.98. The van der Waals surface area contributed by atoms with Crippen molar-refractivity contribution in [2.45, 2.75) is 19.8 Å². The molecule has 0 amide bonds. The summed E-state index contributed by atoms with van der Waals surface area (Å²) in [7, 11) is -2.20. The van der Waals surface area contributed by atoms with E-state index in [0.717, 1.165) is 4.31 Å². The second-order valence-corrected chi connectivity index (χ2v) is 6.74. The van der Waals surface area contributed by atoms with Crippen molar-refractivity contribution in [2.75, 3.05) is 19.3 Å². The van der Waals surface area contributed by atoms with Crippen molar-refractivity contribution in [2.24, 2.45) is 11.3 Å².